The summed E-state index contributed by atoms with van der Waals surface area (Å²) in [5, 5.41) is 8.89. The molecule has 0 aliphatic rings. The van der Waals surface area contributed by atoms with E-state index < -0.39 is 0 Å². The molecule has 1 unspecified atom stereocenters. The van der Waals surface area contributed by atoms with E-state index in [4.69, 9.17) is 5.11 Å². The third-order valence-corrected chi connectivity index (χ3v) is 1.76. The van der Waals surface area contributed by atoms with E-state index in [1.165, 1.54) is 16.9 Å². The number of hydrogen-bond donors (Lipinski definition) is 1. The average Bonchev–Trinajstić information content (AvgIpc) is 1.77. The Hall–Kier alpha value is -0.492. The second-order valence-electron chi connectivity index (χ2n) is 1.43. The fourth-order valence-corrected chi connectivity index (χ4v) is 0.782. The van der Waals surface area contributed by atoms with Crippen molar-refractivity contribution in [3.63, 3.8) is 0 Å². The molecule has 1 heterocycles. The molecule has 0 amide bonds. The standard InChI is InChI=1S/C5H6AsNO/c6-4-3-7-2-1-5(4)8/h1-3H,6H2,(H,7,8). The topological polar surface area (TPSA) is 33.1 Å². The van der Waals surface area contributed by atoms with E-state index in [1.54, 1.807) is 18.5 Å². The van der Waals surface area contributed by atoms with Crippen LogP contribution in [0.1, 0.15) is 0 Å². The second-order valence-corrected chi connectivity index (χ2v) is 2.74. The van der Waals surface area contributed by atoms with Crippen molar-refractivity contribution in [3.05, 3.63) is 18.5 Å². The van der Waals surface area contributed by atoms with Gasteiger partial charge in [0, 0.05) is 0 Å². The molecule has 0 radical (unpaired) electrons. The molecule has 0 saturated heterocycles. The Bertz CT molecular complexity index is 169. The number of aromatic nitrogens is 1. The Kier molecular flexibility index (Phi) is 1.54. The van der Waals surface area contributed by atoms with Crippen molar-refractivity contribution in [2.24, 2.45) is 0 Å². The van der Waals surface area contributed by atoms with Gasteiger partial charge in [-0.2, -0.15) is 0 Å². The van der Waals surface area contributed by atoms with E-state index in [2.05, 4.69) is 4.98 Å². The summed E-state index contributed by atoms with van der Waals surface area (Å²) >= 11 is 1.38. The van der Waals surface area contributed by atoms with E-state index in [1.807, 2.05) is 0 Å². The van der Waals surface area contributed by atoms with Gasteiger partial charge in [0.05, 0.1) is 0 Å². The first-order chi connectivity index (χ1) is 3.80. The van der Waals surface area contributed by atoms with Crippen molar-refractivity contribution in [3.8, 4) is 5.75 Å². The minimum atomic E-state index is 0.333. The molecule has 0 bridgehead atoms. The van der Waals surface area contributed by atoms with Gasteiger partial charge in [-0.3, -0.25) is 0 Å². The van der Waals surface area contributed by atoms with Crippen LogP contribution in [-0.2, 0) is 0 Å². The van der Waals surface area contributed by atoms with Gasteiger partial charge < -0.3 is 0 Å². The molecule has 0 fully saturated rings. The molecule has 0 aliphatic heterocycles. The van der Waals surface area contributed by atoms with Crippen molar-refractivity contribution in [2.45, 2.75) is 0 Å². The molecule has 0 aliphatic carbocycles. The summed E-state index contributed by atoms with van der Waals surface area (Å²) in [5.41, 5.74) is 0. The van der Waals surface area contributed by atoms with Crippen molar-refractivity contribution >= 4 is 21.2 Å². The van der Waals surface area contributed by atoms with Crippen LogP contribution in [0.25, 0.3) is 0 Å². The molecule has 1 atom stereocenters. The molecule has 1 aromatic rings. The van der Waals surface area contributed by atoms with Crippen LogP contribution in [0.3, 0.4) is 0 Å². The van der Waals surface area contributed by atoms with Gasteiger partial charge in [0.2, 0.25) is 0 Å². The van der Waals surface area contributed by atoms with E-state index in [0.717, 1.165) is 4.35 Å². The van der Waals surface area contributed by atoms with Crippen molar-refractivity contribution in [2.75, 3.05) is 0 Å². The summed E-state index contributed by atoms with van der Waals surface area (Å²) in [7, 11) is 0. The van der Waals surface area contributed by atoms with Crippen LogP contribution in [0.2, 0.25) is 0 Å². The Morgan fingerprint density at radius 1 is 1.62 bits per heavy atom. The van der Waals surface area contributed by atoms with Gasteiger partial charge >= 0.3 is 55.5 Å². The third kappa shape index (κ3) is 1.01. The average molecular weight is 171 g/mol. The quantitative estimate of drug-likeness (QED) is 0.510. The fourth-order valence-electron chi connectivity index (χ4n) is 0.399. The molecule has 8 heavy (non-hydrogen) atoms. The minimum absolute atomic E-state index is 0.333. The van der Waals surface area contributed by atoms with Crippen LogP contribution in [-0.4, -0.2) is 26.9 Å². The van der Waals surface area contributed by atoms with Crippen LogP contribution in [0.5, 0.6) is 5.75 Å². The third-order valence-electron chi connectivity index (χ3n) is 0.828. The van der Waals surface area contributed by atoms with Crippen LogP contribution in [0.4, 0.5) is 0 Å². The van der Waals surface area contributed by atoms with Crippen LogP contribution < -0.4 is 4.35 Å². The van der Waals surface area contributed by atoms with Gasteiger partial charge in [0.15, 0.2) is 0 Å². The zero-order chi connectivity index (χ0) is 5.98. The maximum absolute atomic E-state index is 8.89. The van der Waals surface area contributed by atoms with E-state index >= 15 is 0 Å². The predicted octanol–water partition coefficient (Wildman–Crippen LogP) is -0.954. The van der Waals surface area contributed by atoms with Gasteiger partial charge in [-0.15, -0.1) is 0 Å². The molecule has 0 spiro atoms. The van der Waals surface area contributed by atoms with Gasteiger partial charge in [-0.25, -0.2) is 0 Å². The van der Waals surface area contributed by atoms with E-state index in [9.17, 15) is 0 Å². The zero-order valence-electron chi connectivity index (χ0n) is 4.20. The van der Waals surface area contributed by atoms with Gasteiger partial charge in [-0.05, 0) is 0 Å². The van der Waals surface area contributed by atoms with E-state index in [-0.39, 0.29) is 0 Å². The molecule has 42 valence electrons. The van der Waals surface area contributed by atoms with Crippen LogP contribution >= 0.6 is 0 Å². The van der Waals surface area contributed by atoms with Crippen LogP contribution in [0, 0.1) is 0 Å². The molecular formula is C5H6AsNO. The number of aromatic hydroxyl groups is 1. The molecule has 1 rings (SSSR count). The first-order valence-corrected chi connectivity index (χ1v) is 3.40. The summed E-state index contributed by atoms with van der Waals surface area (Å²) in [6.07, 6.45) is 3.22. The summed E-state index contributed by atoms with van der Waals surface area (Å²) < 4.78 is 0.875. The summed E-state index contributed by atoms with van der Waals surface area (Å²) in [5.74, 6) is 0.333. The molecular weight excluding hydrogens is 165 g/mol. The van der Waals surface area contributed by atoms with Crippen molar-refractivity contribution in [1.82, 2.24) is 4.98 Å². The SMILES string of the molecule is Oc1ccncc1[AsH2]. The van der Waals surface area contributed by atoms with Gasteiger partial charge in [-0.1, -0.05) is 0 Å². The molecule has 0 saturated carbocycles. The molecule has 1 aromatic heterocycles. The normalized spacial score (nSPS) is 9.12. The maximum atomic E-state index is 8.89. The van der Waals surface area contributed by atoms with Crippen molar-refractivity contribution < 1.29 is 5.11 Å². The van der Waals surface area contributed by atoms with Gasteiger partial charge in [0.25, 0.3) is 0 Å². The Morgan fingerprint density at radius 2 is 2.38 bits per heavy atom. The number of hydrogen-bond acceptors (Lipinski definition) is 2. The molecule has 1 N–H and O–H groups in total. The monoisotopic (exact) mass is 171 g/mol. The first kappa shape index (κ1) is 5.64. The van der Waals surface area contributed by atoms with Gasteiger partial charge in [0.1, 0.15) is 0 Å². The molecule has 3 heteroatoms. The van der Waals surface area contributed by atoms with E-state index in [0.29, 0.717) is 5.75 Å². The summed E-state index contributed by atoms with van der Waals surface area (Å²) in [4.78, 5) is 3.80. The number of pyridine rings is 1. The summed E-state index contributed by atoms with van der Waals surface area (Å²) in [6, 6.07) is 1.58. The molecule has 2 nitrogen and oxygen atoms in total. The predicted molar refractivity (Wildman–Crippen MR) is 34.1 cm³/mol. The fraction of sp³-hybridized carbons (Fsp3) is 0. The first-order valence-electron chi connectivity index (χ1n) is 2.19. The van der Waals surface area contributed by atoms with Crippen LogP contribution in [0.15, 0.2) is 18.5 Å². The molecule has 0 aromatic carbocycles. The summed E-state index contributed by atoms with van der Waals surface area (Å²) in [6.45, 7) is 0. The zero-order valence-corrected chi connectivity index (χ0v) is 6.63. The second kappa shape index (κ2) is 2.18. The Labute approximate surface area is 56.1 Å². The number of rotatable bonds is 0. The Morgan fingerprint density at radius 3 is 2.75 bits per heavy atom. The van der Waals surface area contributed by atoms with Crippen molar-refractivity contribution in [1.29, 1.82) is 0 Å². The number of nitrogens with zero attached hydrogens (tertiary/aromatic N) is 1. The Balaban J connectivity index is 3.13.